The predicted molar refractivity (Wildman–Crippen MR) is 95.1 cm³/mol. The lowest BCUT2D eigenvalue weighted by Crippen LogP contribution is -2.16. The second kappa shape index (κ2) is 8.13. The lowest BCUT2D eigenvalue weighted by Gasteiger charge is -2.11. The van der Waals surface area contributed by atoms with Crippen molar-refractivity contribution in [3.63, 3.8) is 0 Å². The molecule has 3 aromatic rings. The molecule has 2 aromatic carbocycles. The summed E-state index contributed by atoms with van der Waals surface area (Å²) in [5.41, 5.74) is 0.111. The number of hydrogen-bond acceptors (Lipinski definition) is 5. The van der Waals surface area contributed by atoms with Gasteiger partial charge in [-0.25, -0.2) is 4.98 Å². The average molecular weight is 444 g/mol. The standard InChI is InChI=1S/C19H10F6N2O4/c20-18(21,22)30-13-5-1-11(2-6-13)15-9-10-16(27(28)29)17(26-15)12-3-7-14(8-4-12)31-19(23,24)25/h1-10H. The van der Waals surface area contributed by atoms with Gasteiger partial charge in [-0.3, -0.25) is 10.1 Å². The Hall–Kier alpha value is -3.83. The van der Waals surface area contributed by atoms with Gasteiger partial charge in [-0.2, -0.15) is 0 Å². The molecule has 0 aliphatic rings. The third kappa shape index (κ3) is 5.84. The first kappa shape index (κ1) is 21.9. The van der Waals surface area contributed by atoms with E-state index in [-0.39, 0.29) is 17.0 Å². The molecular formula is C19H10F6N2O4. The predicted octanol–water partition coefficient (Wildman–Crippen LogP) is 6.12. The summed E-state index contributed by atoms with van der Waals surface area (Å²) in [6.07, 6.45) is -9.75. The van der Waals surface area contributed by atoms with Gasteiger partial charge in [-0.1, -0.05) is 0 Å². The summed E-state index contributed by atoms with van der Waals surface area (Å²) in [6, 6.07) is 11.4. The van der Waals surface area contributed by atoms with Crippen LogP contribution >= 0.6 is 0 Å². The maximum atomic E-state index is 12.3. The van der Waals surface area contributed by atoms with Gasteiger partial charge < -0.3 is 9.47 Å². The molecule has 0 amide bonds. The van der Waals surface area contributed by atoms with E-state index in [0.29, 0.717) is 5.56 Å². The highest BCUT2D eigenvalue weighted by atomic mass is 19.4. The van der Waals surface area contributed by atoms with Crippen LogP contribution in [-0.4, -0.2) is 22.6 Å². The van der Waals surface area contributed by atoms with Crippen molar-refractivity contribution in [2.45, 2.75) is 12.7 Å². The molecule has 12 heteroatoms. The normalized spacial score (nSPS) is 11.8. The van der Waals surface area contributed by atoms with Gasteiger partial charge in [-0.05, 0) is 54.6 Å². The minimum Gasteiger partial charge on any atom is -0.406 e. The molecule has 0 aliphatic heterocycles. The number of ether oxygens (including phenoxy) is 2. The first-order valence-electron chi connectivity index (χ1n) is 8.29. The molecule has 3 rings (SSSR count). The lowest BCUT2D eigenvalue weighted by atomic mass is 10.1. The molecule has 6 nitrogen and oxygen atoms in total. The minimum absolute atomic E-state index is 0.139. The van der Waals surface area contributed by atoms with Crippen LogP contribution < -0.4 is 9.47 Å². The van der Waals surface area contributed by atoms with Crippen LogP contribution in [-0.2, 0) is 0 Å². The summed E-state index contributed by atoms with van der Waals surface area (Å²) < 4.78 is 81.3. The number of nitro groups is 1. The van der Waals surface area contributed by atoms with Crippen LogP contribution in [0.25, 0.3) is 22.5 Å². The third-order valence-electron chi connectivity index (χ3n) is 3.82. The summed E-state index contributed by atoms with van der Waals surface area (Å²) >= 11 is 0. The van der Waals surface area contributed by atoms with E-state index in [9.17, 15) is 36.5 Å². The van der Waals surface area contributed by atoms with E-state index in [1.54, 1.807) is 0 Å². The van der Waals surface area contributed by atoms with Crippen LogP contribution in [0.15, 0.2) is 60.7 Å². The summed E-state index contributed by atoms with van der Waals surface area (Å²) in [5, 5.41) is 11.3. The van der Waals surface area contributed by atoms with Crippen LogP contribution in [0.2, 0.25) is 0 Å². The number of hydrogen-bond donors (Lipinski definition) is 0. The van der Waals surface area contributed by atoms with Crippen molar-refractivity contribution >= 4 is 5.69 Å². The molecule has 0 bridgehead atoms. The van der Waals surface area contributed by atoms with Crippen molar-refractivity contribution in [3.05, 3.63) is 70.8 Å². The number of aromatic nitrogens is 1. The van der Waals surface area contributed by atoms with Crippen LogP contribution in [0.1, 0.15) is 0 Å². The Morgan fingerprint density at radius 1 is 0.710 bits per heavy atom. The van der Waals surface area contributed by atoms with E-state index in [2.05, 4.69) is 14.5 Å². The Bertz CT molecular complexity index is 1080. The summed E-state index contributed by atoms with van der Waals surface area (Å²) in [7, 11) is 0. The largest absolute Gasteiger partial charge is 0.573 e. The molecule has 0 fully saturated rings. The Kier molecular flexibility index (Phi) is 5.73. The maximum Gasteiger partial charge on any atom is 0.573 e. The first-order valence-corrected chi connectivity index (χ1v) is 8.29. The monoisotopic (exact) mass is 444 g/mol. The smallest absolute Gasteiger partial charge is 0.406 e. The fraction of sp³-hybridized carbons (Fsp3) is 0.105. The van der Waals surface area contributed by atoms with Crippen molar-refractivity contribution in [2.24, 2.45) is 0 Å². The van der Waals surface area contributed by atoms with Crippen molar-refractivity contribution in [1.82, 2.24) is 4.98 Å². The average Bonchev–Trinajstić information content (AvgIpc) is 2.66. The Morgan fingerprint density at radius 3 is 1.58 bits per heavy atom. The van der Waals surface area contributed by atoms with Crippen molar-refractivity contribution in [3.8, 4) is 34.0 Å². The third-order valence-corrected chi connectivity index (χ3v) is 3.82. The Morgan fingerprint density at radius 2 is 1.16 bits per heavy atom. The second-order valence-corrected chi connectivity index (χ2v) is 5.97. The fourth-order valence-electron chi connectivity index (χ4n) is 2.61. The maximum absolute atomic E-state index is 12.3. The molecule has 0 unspecified atom stereocenters. The molecule has 0 N–H and O–H groups in total. The van der Waals surface area contributed by atoms with E-state index in [0.717, 1.165) is 30.3 Å². The van der Waals surface area contributed by atoms with Gasteiger partial charge in [0.25, 0.3) is 5.69 Å². The molecule has 0 aliphatic carbocycles. The number of benzene rings is 2. The molecule has 0 saturated heterocycles. The highest BCUT2D eigenvalue weighted by molar-refractivity contribution is 5.74. The summed E-state index contributed by atoms with van der Waals surface area (Å²) in [6.45, 7) is 0. The topological polar surface area (TPSA) is 74.5 Å². The fourth-order valence-corrected chi connectivity index (χ4v) is 2.61. The van der Waals surface area contributed by atoms with Crippen LogP contribution in [0.4, 0.5) is 32.0 Å². The van der Waals surface area contributed by atoms with Crippen LogP contribution in [0, 0.1) is 10.1 Å². The Balaban J connectivity index is 1.96. The quantitative estimate of drug-likeness (QED) is 0.269. The highest BCUT2D eigenvalue weighted by Gasteiger charge is 2.32. The van der Waals surface area contributed by atoms with Gasteiger partial charge >= 0.3 is 12.7 Å². The molecule has 0 saturated carbocycles. The number of pyridine rings is 1. The van der Waals surface area contributed by atoms with Gasteiger partial charge in [0.2, 0.25) is 0 Å². The first-order chi connectivity index (χ1) is 14.4. The molecule has 0 spiro atoms. The lowest BCUT2D eigenvalue weighted by molar-refractivity contribution is -0.384. The number of alkyl halides is 6. The van der Waals surface area contributed by atoms with Gasteiger partial charge in [0.1, 0.15) is 17.2 Å². The second-order valence-electron chi connectivity index (χ2n) is 5.97. The molecule has 162 valence electrons. The van der Waals surface area contributed by atoms with E-state index < -0.39 is 34.8 Å². The zero-order chi connectivity index (χ0) is 22.8. The van der Waals surface area contributed by atoms with Crippen LogP contribution in [0.5, 0.6) is 11.5 Å². The molecule has 1 aromatic heterocycles. The number of halogens is 6. The van der Waals surface area contributed by atoms with Crippen molar-refractivity contribution in [2.75, 3.05) is 0 Å². The van der Waals surface area contributed by atoms with Crippen molar-refractivity contribution < 1.29 is 40.7 Å². The van der Waals surface area contributed by atoms with Gasteiger partial charge in [0.05, 0.1) is 10.6 Å². The molecule has 31 heavy (non-hydrogen) atoms. The number of nitrogens with zero attached hydrogens (tertiary/aromatic N) is 2. The van der Waals surface area contributed by atoms with E-state index in [4.69, 9.17) is 0 Å². The zero-order valence-electron chi connectivity index (χ0n) is 15.1. The van der Waals surface area contributed by atoms with Crippen LogP contribution in [0.3, 0.4) is 0 Å². The minimum atomic E-state index is -4.90. The molecule has 1 heterocycles. The van der Waals surface area contributed by atoms with Gasteiger partial charge in [-0.15, -0.1) is 26.3 Å². The van der Waals surface area contributed by atoms with E-state index >= 15 is 0 Å². The summed E-state index contributed by atoms with van der Waals surface area (Å²) in [4.78, 5) is 14.8. The summed E-state index contributed by atoms with van der Waals surface area (Å²) in [5.74, 6) is -0.978. The SMILES string of the molecule is O=[N+]([O-])c1ccc(-c2ccc(OC(F)(F)F)cc2)nc1-c1ccc(OC(F)(F)F)cc1. The Labute approximate surface area is 169 Å². The zero-order valence-corrected chi connectivity index (χ0v) is 15.1. The number of rotatable bonds is 5. The van der Waals surface area contributed by atoms with Crippen molar-refractivity contribution in [1.29, 1.82) is 0 Å². The van der Waals surface area contributed by atoms with E-state index in [1.165, 1.54) is 30.3 Å². The van der Waals surface area contributed by atoms with E-state index in [1.807, 2.05) is 0 Å². The highest BCUT2D eigenvalue weighted by Crippen LogP contribution is 2.33. The van der Waals surface area contributed by atoms with Gasteiger partial charge in [0.15, 0.2) is 0 Å². The molecular weight excluding hydrogens is 434 g/mol. The van der Waals surface area contributed by atoms with Gasteiger partial charge in [0, 0.05) is 17.2 Å². The molecule has 0 radical (unpaired) electrons. The molecule has 0 atom stereocenters.